The SMILES string of the molecule is CCOC(=O)C1CN(C(=O)OC(C)(C)C)C/C(=C\N(C)C)C1=O. The molecule has 1 amide bonds. The van der Waals surface area contributed by atoms with Gasteiger partial charge < -0.3 is 19.3 Å². The molecule has 0 spiro atoms. The molecule has 0 saturated carbocycles. The lowest BCUT2D eigenvalue weighted by molar-refractivity contribution is -0.152. The molecule has 1 heterocycles. The number of likely N-dealkylation sites (tertiary alicyclic amines) is 1. The van der Waals surface area contributed by atoms with E-state index in [1.807, 2.05) is 0 Å². The summed E-state index contributed by atoms with van der Waals surface area (Å²) in [5.74, 6) is -1.94. The van der Waals surface area contributed by atoms with E-state index in [1.54, 1.807) is 52.9 Å². The van der Waals surface area contributed by atoms with Gasteiger partial charge in [0.05, 0.1) is 13.2 Å². The van der Waals surface area contributed by atoms with Crippen molar-refractivity contribution in [3.8, 4) is 0 Å². The third kappa shape index (κ3) is 5.58. The van der Waals surface area contributed by atoms with Crippen molar-refractivity contribution in [2.24, 2.45) is 5.92 Å². The number of carbonyl (C=O) groups excluding carboxylic acids is 3. The van der Waals surface area contributed by atoms with Crippen LogP contribution in [-0.2, 0) is 19.1 Å². The maximum Gasteiger partial charge on any atom is 0.410 e. The van der Waals surface area contributed by atoms with Crippen molar-refractivity contribution < 1.29 is 23.9 Å². The normalized spacial score (nSPS) is 20.4. The summed E-state index contributed by atoms with van der Waals surface area (Å²) < 4.78 is 10.3. The second-order valence-corrected chi connectivity index (χ2v) is 6.65. The van der Waals surface area contributed by atoms with Gasteiger partial charge in [-0.2, -0.15) is 0 Å². The van der Waals surface area contributed by atoms with Gasteiger partial charge in [-0.05, 0) is 27.7 Å². The second kappa shape index (κ2) is 7.48. The van der Waals surface area contributed by atoms with Crippen LogP contribution >= 0.6 is 0 Å². The maximum absolute atomic E-state index is 12.5. The molecule has 0 aromatic heterocycles. The van der Waals surface area contributed by atoms with Gasteiger partial charge in [0.25, 0.3) is 0 Å². The molecular formula is C16H26N2O5. The lowest BCUT2D eigenvalue weighted by Gasteiger charge is -2.34. The number of piperidine rings is 1. The van der Waals surface area contributed by atoms with E-state index >= 15 is 0 Å². The van der Waals surface area contributed by atoms with E-state index in [9.17, 15) is 14.4 Å². The predicted octanol–water partition coefficient (Wildman–Crippen LogP) is 1.43. The van der Waals surface area contributed by atoms with Crippen LogP contribution in [0.3, 0.4) is 0 Å². The zero-order chi connectivity index (χ0) is 17.8. The van der Waals surface area contributed by atoms with Crippen LogP contribution < -0.4 is 0 Å². The molecule has 0 bridgehead atoms. The molecule has 1 rings (SSSR count). The first-order valence-corrected chi connectivity index (χ1v) is 7.61. The largest absolute Gasteiger partial charge is 0.465 e. The molecule has 7 heteroatoms. The zero-order valence-electron chi connectivity index (χ0n) is 14.7. The van der Waals surface area contributed by atoms with Crippen LogP contribution in [0.5, 0.6) is 0 Å². The average molecular weight is 326 g/mol. The van der Waals surface area contributed by atoms with Crippen molar-refractivity contribution in [2.75, 3.05) is 33.8 Å². The van der Waals surface area contributed by atoms with Crippen LogP contribution in [0.25, 0.3) is 0 Å². The van der Waals surface area contributed by atoms with E-state index in [2.05, 4.69) is 0 Å². The molecule has 1 fully saturated rings. The summed E-state index contributed by atoms with van der Waals surface area (Å²) in [5.41, 5.74) is -0.270. The Hall–Kier alpha value is -2.05. The summed E-state index contributed by atoms with van der Waals surface area (Å²) in [5, 5.41) is 0. The average Bonchev–Trinajstić information content (AvgIpc) is 2.38. The molecular weight excluding hydrogens is 300 g/mol. The number of ketones is 1. The van der Waals surface area contributed by atoms with Gasteiger partial charge in [-0.1, -0.05) is 0 Å². The first kappa shape index (κ1) is 19.0. The molecule has 1 aliphatic rings. The molecule has 0 aliphatic carbocycles. The van der Waals surface area contributed by atoms with E-state index < -0.39 is 23.6 Å². The highest BCUT2D eigenvalue weighted by molar-refractivity contribution is 6.10. The van der Waals surface area contributed by atoms with Gasteiger partial charge in [0, 0.05) is 32.4 Å². The highest BCUT2D eigenvalue weighted by Crippen LogP contribution is 2.22. The van der Waals surface area contributed by atoms with E-state index in [0.717, 1.165) is 0 Å². The fourth-order valence-electron chi connectivity index (χ4n) is 2.18. The van der Waals surface area contributed by atoms with Gasteiger partial charge in [-0.3, -0.25) is 9.59 Å². The maximum atomic E-state index is 12.5. The smallest absolute Gasteiger partial charge is 0.410 e. The number of carbonyl (C=O) groups is 3. The Morgan fingerprint density at radius 3 is 2.43 bits per heavy atom. The van der Waals surface area contributed by atoms with Crippen molar-refractivity contribution in [1.29, 1.82) is 0 Å². The molecule has 23 heavy (non-hydrogen) atoms. The van der Waals surface area contributed by atoms with Gasteiger partial charge in [0.2, 0.25) is 0 Å². The minimum atomic E-state index is -1.01. The van der Waals surface area contributed by atoms with Crippen molar-refractivity contribution in [3.05, 3.63) is 11.8 Å². The molecule has 1 unspecified atom stereocenters. The number of hydrogen-bond donors (Lipinski definition) is 0. The summed E-state index contributed by atoms with van der Waals surface area (Å²) in [6.45, 7) is 7.23. The standard InChI is InChI=1S/C16H26N2O5/c1-7-22-14(20)12-10-18(15(21)23-16(2,3)4)9-11(13(12)19)8-17(5)6/h8,12H,7,9-10H2,1-6H3/b11-8+. The Balaban J connectivity index is 3.03. The van der Waals surface area contributed by atoms with Crippen LogP contribution in [0.2, 0.25) is 0 Å². The lowest BCUT2D eigenvalue weighted by Crippen LogP contribution is -2.50. The number of hydrogen-bond acceptors (Lipinski definition) is 6. The number of nitrogens with zero attached hydrogens (tertiary/aromatic N) is 2. The van der Waals surface area contributed by atoms with Crippen molar-refractivity contribution >= 4 is 17.8 Å². The summed E-state index contributed by atoms with van der Waals surface area (Å²) >= 11 is 0. The number of rotatable bonds is 3. The molecule has 0 radical (unpaired) electrons. The Morgan fingerprint density at radius 2 is 1.96 bits per heavy atom. The number of Topliss-reactive ketones (excluding diaryl/α,β-unsaturated/α-hetero) is 1. The first-order valence-electron chi connectivity index (χ1n) is 7.61. The van der Waals surface area contributed by atoms with Crippen LogP contribution in [0.1, 0.15) is 27.7 Å². The number of ether oxygens (including phenoxy) is 2. The van der Waals surface area contributed by atoms with Gasteiger partial charge in [-0.25, -0.2) is 4.79 Å². The van der Waals surface area contributed by atoms with Crippen molar-refractivity contribution in [2.45, 2.75) is 33.3 Å². The Kier molecular flexibility index (Phi) is 6.18. The van der Waals surface area contributed by atoms with E-state index in [4.69, 9.17) is 9.47 Å². The molecule has 0 aromatic carbocycles. The summed E-state index contributed by atoms with van der Waals surface area (Å²) in [4.78, 5) is 39.8. The van der Waals surface area contributed by atoms with E-state index in [0.29, 0.717) is 5.57 Å². The minimum Gasteiger partial charge on any atom is -0.465 e. The van der Waals surface area contributed by atoms with Gasteiger partial charge in [0.15, 0.2) is 5.78 Å². The van der Waals surface area contributed by atoms with Crippen LogP contribution in [0.15, 0.2) is 11.8 Å². The lowest BCUT2D eigenvalue weighted by atomic mass is 9.93. The van der Waals surface area contributed by atoms with Crippen LogP contribution in [0, 0.1) is 5.92 Å². The quantitative estimate of drug-likeness (QED) is 0.444. The van der Waals surface area contributed by atoms with E-state index in [1.165, 1.54) is 4.90 Å². The fourth-order valence-corrected chi connectivity index (χ4v) is 2.18. The van der Waals surface area contributed by atoms with Gasteiger partial charge in [-0.15, -0.1) is 0 Å². The fraction of sp³-hybridized carbons (Fsp3) is 0.688. The summed E-state index contributed by atoms with van der Waals surface area (Å²) in [6, 6.07) is 0. The van der Waals surface area contributed by atoms with Gasteiger partial charge in [0.1, 0.15) is 11.5 Å². The topological polar surface area (TPSA) is 76.2 Å². The van der Waals surface area contributed by atoms with Crippen molar-refractivity contribution in [3.63, 3.8) is 0 Å². The van der Waals surface area contributed by atoms with Crippen molar-refractivity contribution in [1.82, 2.24) is 9.80 Å². The van der Waals surface area contributed by atoms with E-state index in [-0.39, 0.29) is 25.5 Å². The minimum absolute atomic E-state index is 0.0304. The number of amides is 1. The Labute approximate surface area is 137 Å². The predicted molar refractivity (Wildman–Crippen MR) is 84.7 cm³/mol. The molecule has 7 nitrogen and oxygen atoms in total. The Bertz CT molecular complexity index is 505. The summed E-state index contributed by atoms with van der Waals surface area (Å²) in [7, 11) is 3.54. The van der Waals surface area contributed by atoms with Crippen LogP contribution in [0.4, 0.5) is 4.79 Å². The number of esters is 1. The molecule has 1 atom stereocenters. The van der Waals surface area contributed by atoms with Crippen LogP contribution in [-0.4, -0.2) is 67.0 Å². The molecule has 0 N–H and O–H groups in total. The summed E-state index contributed by atoms with van der Waals surface area (Å²) in [6.07, 6.45) is 1.06. The monoisotopic (exact) mass is 326 g/mol. The molecule has 1 saturated heterocycles. The Morgan fingerprint density at radius 1 is 1.35 bits per heavy atom. The first-order chi connectivity index (χ1) is 10.5. The molecule has 1 aliphatic heterocycles. The third-order valence-electron chi connectivity index (χ3n) is 3.03. The molecule has 0 aromatic rings. The zero-order valence-corrected chi connectivity index (χ0v) is 14.7. The third-order valence-corrected chi connectivity index (χ3v) is 3.03. The van der Waals surface area contributed by atoms with Gasteiger partial charge >= 0.3 is 12.1 Å². The highest BCUT2D eigenvalue weighted by atomic mass is 16.6. The second-order valence-electron chi connectivity index (χ2n) is 6.65. The highest BCUT2D eigenvalue weighted by Gasteiger charge is 2.40. The molecule has 130 valence electrons.